The molecule has 2 amide bonds. The second-order valence-corrected chi connectivity index (χ2v) is 4.12. The average molecular weight is 233 g/mol. The van der Waals surface area contributed by atoms with Crippen LogP contribution in [-0.4, -0.2) is 53.3 Å². The summed E-state index contributed by atoms with van der Waals surface area (Å²) >= 11 is 0. The van der Waals surface area contributed by atoms with Crippen molar-refractivity contribution in [2.24, 2.45) is 0 Å². The Morgan fingerprint density at radius 2 is 2.00 bits per heavy atom. The normalized spacial score (nSPS) is 15.8. The summed E-state index contributed by atoms with van der Waals surface area (Å²) in [5, 5.41) is 0. The fraction of sp³-hybridized carbons (Fsp3) is 0.417. The van der Waals surface area contributed by atoms with E-state index in [1.54, 1.807) is 22.1 Å². The van der Waals surface area contributed by atoms with Crippen LogP contribution in [0.5, 0.6) is 0 Å². The number of piperazine rings is 1. The molecule has 5 nitrogen and oxygen atoms in total. The van der Waals surface area contributed by atoms with Gasteiger partial charge in [0, 0.05) is 38.1 Å². The first-order valence-corrected chi connectivity index (χ1v) is 5.62. The highest BCUT2D eigenvalue weighted by molar-refractivity contribution is 5.94. The van der Waals surface area contributed by atoms with E-state index < -0.39 is 0 Å². The van der Waals surface area contributed by atoms with Crippen LogP contribution in [0.2, 0.25) is 0 Å². The van der Waals surface area contributed by atoms with E-state index in [1.807, 2.05) is 13.0 Å². The first-order valence-electron chi connectivity index (χ1n) is 5.62. The molecule has 0 N–H and O–H groups in total. The molecular weight excluding hydrogens is 218 g/mol. The zero-order chi connectivity index (χ0) is 12.3. The number of nitrogens with zero attached hydrogens (tertiary/aromatic N) is 3. The van der Waals surface area contributed by atoms with Crippen LogP contribution in [0.1, 0.15) is 16.1 Å². The Labute approximate surface area is 100 Å². The van der Waals surface area contributed by atoms with Gasteiger partial charge in [-0.2, -0.15) is 0 Å². The van der Waals surface area contributed by atoms with Crippen LogP contribution in [-0.2, 0) is 4.79 Å². The number of pyridine rings is 1. The van der Waals surface area contributed by atoms with Gasteiger partial charge in [-0.05, 0) is 19.1 Å². The average Bonchev–Trinajstić information content (AvgIpc) is 2.39. The molecule has 1 aromatic rings. The van der Waals surface area contributed by atoms with Crippen LogP contribution in [0.25, 0.3) is 0 Å². The van der Waals surface area contributed by atoms with Gasteiger partial charge in [0.2, 0.25) is 6.41 Å². The van der Waals surface area contributed by atoms with Crippen LogP contribution in [0.3, 0.4) is 0 Å². The zero-order valence-electron chi connectivity index (χ0n) is 9.80. The van der Waals surface area contributed by atoms with Crippen LogP contribution >= 0.6 is 0 Å². The van der Waals surface area contributed by atoms with Crippen molar-refractivity contribution in [2.75, 3.05) is 26.2 Å². The molecule has 5 heteroatoms. The van der Waals surface area contributed by atoms with Crippen molar-refractivity contribution >= 4 is 12.3 Å². The van der Waals surface area contributed by atoms with Gasteiger partial charge in [0.25, 0.3) is 5.91 Å². The van der Waals surface area contributed by atoms with Gasteiger partial charge in [-0.25, -0.2) is 0 Å². The monoisotopic (exact) mass is 233 g/mol. The van der Waals surface area contributed by atoms with E-state index in [1.165, 1.54) is 0 Å². The lowest BCUT2D eigenvalue weighted by Crippen LogP contribution is -2.48. The summed E-state index contributed by atoms with van der Waals surface area (Å²) in [7, 11) is 0. The first-order chi connectivity index (χ1) is 8.20. The van der Waals surface area contributed by atoms with Gasteiger partial charge >= 0.3 is 0 Å². The minimum absolute atomic E-state index is 0.0111. The number of hydrogen-bond donors (Lipinski definition) is 0. The maximum Gasteiger partial charge on any atom is 0.255 e. The van der Waals surface area contributed by atoms with Gasteiger partial charge in [0.05, 0.1) is 5.56 Å². The highest BCUT2D eigenvalue weighted by Gasteiger charge is 2.21. The predicted molar refractivity (Wildman–Crippen MR) is 62.5 cm³/mol. The second kappa shape index (κ2) is 4.95. The smallest absolute Gasteiger partial charge is 0.255 e. The van der Waals surface area contributed by atoms with Crippen molar-refractivity contribution < 1.29 is 9.59 Å². The summed E-state index contributed by atoms with van der Waals surface area (Å²) in [5.74, 6) is -0.0111. The summed E-state index contributed by atoms with van der Waals surface area (Å²) in [5.41, 5.74) is 1.50. The predicted octanol–water partition coefficient (Wildman–Crippen LogP) is 0.304. The molecule has 2 heterocycles. The van der Waals surface area contributed by atoms with Gasteiger partial charge in [-0.15, -0.1) is 0 Å². The third-order valence-electron chi connectivity index (χ3n) is 2.91. The summed E-state index contributed by atoms with van der Waals surface area (Å²) in [6.07, 6.45) is 2.43. The van der Waals surface area contributed by atoms with E-state index in [2.05, 4.69) is 4.98 Å². The van der Waals surface area contributed by atoms with Crippen LogP contribution in [0.15, 0.2) is 18.3 Å². The van der Waals surface area contributed by atoms with Crippen LogP contribution < -0.4 is 0 Å². The molecule has 1 fully saturated rings. The topological polar surface area (TPSA) is 53.5 Å². The Kier molecular flexibility index (Phi) is 3.37. The van der Waals surface area contributed by atoms with Crippen molar-refractivity contribution in [1.29, 1.82) is 0 Å². The summed E-state index contributed by atoms with van der Waals surface area (Å²) in [6, 6.07) is 3.62. The van der Waals surface area contributed by atoms with Crippen molar-refractivity contribution in [1.82, 2.24) is 14.8 Å². The molecule has 0 aliphatic carbocycles. The molecule has 1 saturated heterocycles. The number of aromatic nitrogens is 1. The summed E-state index contributed by atoms with van der Waals surface area (Å²) in [4.78, 5) is 30.2. The van der Waals surface area contributed by atoms with E-state index in [-0.39, 0.29) is 5.91 Å². The SMILES string of the molecule is Cc1ccc(C(=O)N2CCN(C=O)CC2)cn1. The molecule has 2 rings (SSSR count). The lowest BCUT2D eigenvalue weighted by Gasteiger charge is -2.32. The fourth-order valence-corrected chi connectivity index (χ4v) is 1.81. The molecule has 90 valence electrons. The van der Waals surface area contributed by atoms with Crippen molar-refractivity contribution in [3.63, 3.8) is 0 Å². The number of rotatable bonds is 2. The molecule has 17 heavy (non-hydrogen) atoms. The summed E-state index contributed by atoms with van der Waals surface area (Å²) < 4.78 is 0. The molecule has 0 atom stereocenters. The molecule has 1 aliphatic heterocycles. The maximum atomic E-state index is 12.1. The molecule has 1 aliphatic rings. The highest BCUT2D eigenvalue weighted by Crippen LogP contribution is 2.07. The van der Waals surface area contributed by atoms with Gasteiger partial charge in [0.1, 0.15) is 0 Å². The molecule has 0 aromatic carbocycles. The maximum absolute atomic E-state index is 12.1. The van der Waals surface area contributed by atoms with Gasteiger partial charge in [-0.3, -0.25) is 14.6 Å². The molecule has 0 spiro atoms. The largest absolute Gasteiger partial charge is 0.342 e. The third kappa shape index (κ3) is 2.61. The lowest BCUT2D eigenvalue weighted by molar-refractivity contribution is -0.119. The second-order valence-electron chi connectivity index (χ2n) is 4.12. The van der Waals surface area contributed by atoms with Crippen molar-refractivity contribution in [3.8, 4) is 0 Å². The number of aryl methyl sites for hydroxylation is 1. The van der Waals surface area contributed by atoms with E-state index in [0.717, 1.165) is 12.1 Å². The Bertz CT molecular complexity index is 408. The van der Waals surface area contributed by atoms with Gasteiger partial charge < -0.3 is 9.80 Å². The fourth-order valence-electron chi connectivity index (χ4n) is 1.81. The Morgan fingerprint density at radius 1 is 1.29 bits per heavy atom. The van der Waals surface area contributed by atoms with E-state index in [9.17, 15) is 9.59 Å². The minimum atomic E-state index is -0.0111. The minimum Gasteiger partial charge on any atom is -0.342 e. The van der Waals surface area contributed by atoms with Crippen molar-refractivity contribution in [2.45, 2.75) is 6.92 Å². The van der Waals surface area contributed by atoms with E-state index >= 15 is 0 Å². The summed E-state index contributed by atoms with van der Waals surface area (Å²) in [6.45, 7) is 4.27. The first kappa shape index (κ1) is 11.6. The quantitative estimate of drug-likeness (QED) is 0.691. The highest BCUT2D eigenvalue weighted by atomic mass is 16.2. The van der Waals surface area contributed by atoms with Crippen LogP contribution in [0, 0.1) is 6.92 Å². The van der Waals surface area contributed by atoms with Gasteiger partial charge in [-0.1, -0.05) is 0 Å². The lowest BCUT2D eigenvalue weighted by atomic mass is 10.2. The molecule has 0 saturated carbocycles. The Hall–Kier alpha value is -1.91. The van der Waals surface area contributed by atoms with E-state index in [4.69, 9.17) is 0 Å². The molecule has 0 bridgehead atoms. The Morgan fingerprint density at radius 3 is 2.53 bits per heavy atom. The Balaban J connectivity index is 2.01. The molecule has 1 aromatic heterocycles. The van der Waals surface area contributed by atoms with E-state index in [0.29, 0.717) is 31.7 Å². The standard InChI is InChI=1S/C12H15N3O2/c1-10-2-3-11(8-13-10)12(17)15-6-4-14(9-16)5-7-15/h2-3,8-9H,4-7H2,1H3. The number of hydrogen-bond acceptors (Lipinski definition) is 3. The third-order valence-corrected chi connectivity index (χ3v) is 2.91. The van der Waals surface area contributed by atoms with Crippen molar-refractivity contribution in [3.05, 3.63) is 29.6 Å². The molecule has 0 radical (unpaired) electrons. The zero-order valence-corrected chi connectivity index (χ0v) is 9.80. The van der Waals surface area contributed by atoms with Gasteiger partial charge in [0.15, 0.2) is 0 Å². The van der Waals surface area contributed by atoms with Crippen LogP contribution in [0.4, 0.5) is 0 Å². The molecular formula is C12H15N3O2. The number of carbonyl (C=O) groups excluding carboxylic acids is 2. The number of carbonyl (C=O) groups is 2. The molecule has 0 unspecified atom stereocenters. The number of amides is 2.